The normalized spacial score (nSPS) is 24.9. The Kier molecular flexibility index (Phi) is 4.41. The summed E-state index contributed by atoms with van der Waals surface area (Å²) < 4.78 is 0. The highest BCUT2D eigenvalue weighted by Crippen LogP contribution is 2.26. The molecule has 1 aliphatic heterocycles. The molecule has 0 amide bonds. The standard InChI is InChI=1S/C16H26N2/c1-14(2)8-9-16(17)10-11-18(13-16)12-15-6-4-3-5-7-15/h3-7,14H,8-13,17H2,1-2H3. The predicted molar refractivity (Wildman–Crippen MR) is 77.3 cm³/mol. The molecule has 2 N–H and O–H groups in total. The molecule has 1 aromatic carbocycles. The third-order valence-corrected chi connectivity index (χ3v) is 3.93. The Bertz CT molecular complexity index is 361. The summed E-state index contributed by atoms with van der Waals surface area (Å²) in [7, 11) is 0. The van der Waals surface area contributed by atoms with E-state index in [2.05, 4.69) is 49.1 Å². The van der Waals surface area contributed by atoms with E-state index in [1.807, 2.05) is 0 Å². The number of nitrogens with zero attached hydrogens (tertiary/aromatic N) is 1. The molecule has 0 bridgehead atoms. The lowest BCUT2D eigenvalue weighted by atomic mass is 9.90. The number of likely N-dealkylation sites (tertiary alicyclic amines) is 1. The molecule has 0 aliphatic carbocycles. The maximum absolute atomic E-state index is 6.51. The number of nitrogens with two attached hydrogens (primary N) is 1. The van der Waals surface area contributed by atoms with Crippen LogP contribution in [0.4, 0.5) is 0 Å². The molecule has 1 saturated heterocycles. The Morgan fingerprint density at radius 3 is 2.67 bits per heavy atom. The SMILES string of the molecule is CC(C)CCC1(N)CCN(Cc2ccccc2)C1. The molecule has 1 aliphatic rings. The molecule has 1 fully saturated rings. The fourth-order valence-corrected chi connectivity index (χ4v) is 2.74. The third-order valence-electron chi connectivity index (χ3n) is 3.93. The summed E-state index contributed by atoms with van der Waals surface area (Å²) in [4.78, 5) is 2.50. The second-order valence-electron chi connectivity index (χ2n) is 6.24. The first-order valence-corrected chi connectivity index (χ1v) is 7.13. The van der Waals surface area contributed by atoms with Crippen molar-refractivity contribution in [3.8, 4) is 0 Å². The van der Waals surface area contributed by atoms with E-state index in [9.17, 15) is 0 Å². The highest BCUT2D eigenvalue weighted by atomic mass is 15.2. The first kappa shape index (κ1) is 13.6. The van der Waals surface area contributed by atoms with Gasteiger partial charge in [-0.25, -0.2) is 0 Å². The van der Waals surface area contributed by atoms with E-state index in [-0.39, 0.29) is 5.54 Å². The average Bonchev–Trinajstić information content (AvgIpc) is 2.71. The van der Waals surface area contributed by atoms with Crippen molar-refractivity contribution in [2.75, 3.05) is 13.1 Å². The van der Waals surface area contributed by atoms with Gasteiger partial charge in [-0.2, -0.15) is 0 Å². The molecular weight excluding hydrogens is 220 g/mol. The van der Waals surface area contributed by atoms with Crippen LogP contribution in [0, 0.1) is 5.92 Å². The van der Waals surface area contributed by atoms with Gasteiger partial charge in [0, 0.05) is 25.2 Å². The fraction of sp³-hybridized carbons (Fsp3) is 0.625. The fourth-order valence-electron chi connectivity index (χ4n) is 2.74. The van der Waals surface area contributed by atoms with Gasteiger partial charge < -0.3 is 5.73 Å². The van der Waals surface area contributed by atoms with Crippen LogP contribution in [0.15, 0.2) is 30.3 Å². The van der Waals surface area contributed by atoms with Crippen LogP contribution >= 0.6 is 0 Å². The summed E-state index contributed by atoms with van der Waals surface area (Å²) in [5, 5.41) is 0. The summed E-state index contributed by atoms with van der Waals surface area (Å²) in [5.74, 6) is 0.758. The molecular formula is C16H26N2. The van der Waals surface area contributed by atoms with Gasteiger partial charge in [-0.15, -0.1) is 0 Å². The quantitative estimate of drug-likeness (QED) is 0.865. The second-order valence-corrected chi connectivity index (χ2v) is 6.24. The van der Waals surface area contributed by atoms with E-state index in [4.69, 9.17) is 5.73 Å². The third kappa shape index (κ3) is 3.82. The molecule has 2 heteroatoms. The minimum Gasteiger partial charge on any atom is -0.324 e. The molecule has 1 atom stereocenters. The van der Waals surface area contributed by atoms with Crippen LogP contribution in [0.1, 0.15) is 38.7 Å². The van der Waals surface area contributed by atoms with Gasteiger partial charge in [-0.05, 0) is 30.7 Å². The molecule has 0 spiro atoms. The van der Waals surface area contributed by atoms with Crippen LogP contribution < -0.4 is 5.73 Å². The van der Waals surface area contributed by atoms with Crippen LogP contribution in [0.2, 0.25) is 0 Å². The van der Waals surface area contributed by atoms with Crippen molar-refractivity contribution in [2.45, 2.75) is 45.2 Å². The zero-order valence-corrected chi connectivity index (χ0v) is 11.7. The summed E-state index contributed by atoms with van der Waals surface area (Å²) in [6.07, 6.45) is 3.55. The van der Waals surface area contributed by atoms with Crippen molar-refractivity contribution in [2.24, 2.45) is 11.7 Å². The molecule has 0 saturated carbocycles. The topological polar surface area (TPSA) is 29.3 Å². The number of hydrogen-bond donors (Lipinski definition) is 1. The van der Waals surface area contributed by atoms with Crippen molar-refractivity contribution in [1.29, 1.82) is 0 Å². The van der Waals surface area contributed by atoms with Crippen molar-refractivity contribution in [3.05, 3.63) is 35.9 Å². The van der Waals surface area contributed by atoms with E-state index in [0.717, 1.165) is 38.4 Å². The molecule has 1 unspecified atom stereocenters. The Hall–Kier alpha value is -0.860. The number of benzene rings is 1. The monoisotopic (exact) mass is 246 g/mol. The van der Waals surface area contributed by atoms with E-state index in [1.165, 1.54) is 12.0 Å². The predicted octanol–water partition coefficient (Wildman–Crippen LogP) is 3.03. The first-order chi connectivity index (χ1) is 8.57. The second kappa shape index (κ2) is 5.85. The van der Waals surface area contributed by atoms with E-state index in [0.29, 0.717) is 0 Å². The van der Waals surface area contributed by atoms with Gasteiger partial charge in [-0.1, -0.05) is 44.2 Å². The van der Waals surface area contributed by atoms with Crippen molar-refractivity contribution < 1.29 is 0 Å². The zero-order valence-electron chi connectivity index (χ0n) is 11.7. The molecule has 100 valence electrons. The Morgan fingerprint density at radius 1 is 1.28 bits per heavy atom. The highest BCUT2D eigenvalue weighted by molar-refractivity contribution is 5.15. The van der Waals surface area contributed by atoms with Gasteiger partial charge >= 0.3 is 0 Å². The van der Waals surface area contributed by atoms with Crippen LogP contribution in [-0.2, 0) is 6.54 Å². The first-order valence-electron chi connectivity index (χ1n) is 7.13. The van der Waals surface area contributed by atoms with Crippen molar-refractivity contribution in [1.82, 2.24) is 4.90 Å². The van der Waals surface area contributed by atoms with Crippen molar-refractivity contribution >= 4 is 0 Å². The van der Waals surface area contributed by atoms with Gasteiger partial charge in [0.15, 0.2) is 0 Å². The van der Waals surface area contributed by atoms with Crippen LogP contribution in [0.25, 0.3) is 0 Å². The van der Waals surface area contributed by atoms with Gasteiger partial charge in [0.25, 0.3) is 0 Å². The summed E-state index contributed by atoms with van der Waals surface area (Å²) in [6, 6.07) is 10.7. The molecule has 2 rings (SSSR count). The largest absolute Gasteiger partial charge is 0.324 e. The molecule has 2 nitrogen and oxygen atoms in total. The Labute approximate surface area is 111 Å². The van der Waals surface area contributed by atoms with Gasteiger partial charge in [0.05, 0.1) is 0 Å². The van der Waals surface area contributed by atoms with Crippen LogP contribution in [0.3, 0.4) is 0 Å². The van der Waals surface area contributed by atoms with Gasteiger partial charge in [0.1, 0.15) is 0 Å². The lowest BCUT2D eigenvalue weighted by Gasteiger charge is -2.25. The maximum atomic E-state index is 6.51. The molecule has 18 heavy (non-hydrogen) atoms. The van der Waals surface area contributed by atoms with E-state index >= 15 is 0 Å². The zero-order chi connectivity index (χ0) is 13.0. The Morgan fingerprint density at radius 2 is 2.00 bits per heavy atom. The highest BCUT2D eigenvalue weighted by Gasteiger charge is 2.33. The molecule has 0 aromatic heterocycles. The molecule has 0 radical (unpaired) electrons. The van der Waals surface area contributed by atoms with Crippen molar-refractivity contribution in [3.63, 3.8) is 0 Å². The van der Waals surface area contributed by atoms with Crippen LogP contribution in [0.5, 0.6) is 0 Å². The molecule has 1 aromatic rings. The number of rotatable bonds is 5. The number of hydrogen-bond acceptors (Lipinski definition) is 2. The minimum absolute atomic E-state index is 0.0546. The maximum Gasteiger partial charge on any atom is 0.0295 e. The smallest absolute Gasteiger partial charge is 0.0295 e. The lowest BCUT2D eigenvalue weighted by Crippen LogP contribution is -2.42. The molecule has 1 heterocycles. The lowest BCUT2D eigenvalue weighted by molar-refractivity contribution is 0.289. The average molecular weight is 246 g/mol. The Balaban J connectivity index is 1.84. The summed E-state index contributed by atoms with van der Waals surface area (Å²) >= 11 is 0. The van der Waals surface area contributed by atoms with E-state index in [1.54, 1.807) is 0 Å². The van der Waals surface area contributed by atoms with Gasteiger partial charge in [0.2, 0.25) is 0 Å². The summed E-state index contributed by atoms with van der Waals surface area (Å²) in [5.41, 5.74) is 7.96. The van der Waals surface area contributed by atoms with E-state index < -0.39 is 0 Å². The minimum atomic E-state index is 0.0546. The van der Waals surface area contributed by atoms with Gasteiger partial charge in [-0.3, -0.25) is 4.90 Å². The summed E-state index contributed by atoms with van der Waals surface area (Å²) in [6.45, 7) is 7.79. The van der Waals surface area contributed by atoms with Crippen LogP contribution in [-0.4, -0.2) is 23.5 Å².